The SMILES string of the molecule is Cc1c(F)ccc(N2CCN(CCCC=Cc3ccc4c(n3)NC(=O)CC4)CC2)c1Cl. The zero-order chi connectivity index (χ0) is 21.8. The van der Waals surface area contributed by atoms with Gasteiger partial charge in [-0.1, -0.05) is 23.7 Å². The summed E-state index contributed by atoms with van der Waals surface area (Å²) in [6, 6.07) is 7.34. The lowest BCUT2D eigenvalue weighted by molar-refractivity contribution is -0.116. The Bertz CT molecular complexity index is 986. The Kier molecular flexibility index (Phi) is 6.88. The minimum absolute atomic E-state index is 0.0399. The normalized spacial score (nSPS) is 17.1. The van der Waals surface area contributed by atoms with E-state index in [1.54, 1.807) is 13.0 Å². The van der Waals surface area contributed by atoms with E-state index >= 15 is 0 Å². The third kappa shape index (κ3) is 5.25. The number of carbonyl (C=O) groups excluding carboxylic acids is 1. The predicted octanol–water partition coefficient (Wildman–Crippen LogP) is 4.68. The van der Waals surface area contributed by atoms with E-state index in [1.165, 1.54) is 6.07 Å². The number of hydrogen-bond donors (Lipinski definition) is 1. The zero-order valence-electron chi connectivity index (χ0n) is 17.8. The van der Waals surface area contributed by atoms with Gasteiger partial charge in [0.25, 0.3) is 0 Å². The van der Waals surface area contributed by atoms with Gasteiger partial charge in [0.2, 0.25) is 5.91 Å². The Morgan fingerprint density at radius 1 is 1.16 bits per heavy atom. The Hall–Kier alpha value is -2.44. The van der Waals surface area contributed by atoms with Crippen molar-refractivity contribution in [2.45, 2.75) is 32.6 Å². The van der Waals surface area contributed by atoms with Crippen molar-refractivity contribution < 1.29 is 9.18 Å². The molecule has 1 saturated heterocycles. The van der Waals surface area contributed by atoms with Crippen molar-refractivity contribution >= 4 is 35.1 Å². The fourth-order valence-electron chi connectivity index (χ4n) is 4.09. The molecule has 0 spiro atoms. The van der Waals surface area contributed by atoms with Gasteiger partial charge >= 0.3 is 0 Å². The average molecular weight is 443 g/mol. The first-order valence-electron chi connectivity index (χ1n) is 10.9. The van der Waals surface area contributed by atoms with E-state index in [1.807, 2.05) is 12.1 Å². The summed E-state index contributed by atoms with van der Waals surface area (Å²) in [6.07, 6.45) is 7.53. The van der Waals surface area contributed by atoms with Crippen LogP contribution in [-0.2, 0) is 11.2 Å². The Labute approximate surface area is 187 Å². The number of benzene rings is 1. The van der Waals surface area contributed by atoms with E-state index in [4.69, 9.17) is 11.6 Å². The van der Waals surface area contributed by atoms with Gasteiger partial charge in [0.15, 0.2) is 0 Å². The van der Waals surface area contributed by atoms with Crippen LogP contribution in [0.5, 0.6) is 0 Å². The molecule has 4 rings (SSSR count). The van der Waals surface area contributed by atoms with Crippen LogP contribution in [0.4, 0.5) is 15.9 Å². The van der Waals surface area contributed by atoms with Gasteiger partial charge in [-0.3, -0.25) is 9.69 Å². The van der Waals surface area contributed by atoms with Crippen LogP contribution in [0.25, 0.3) is 6.08 Å². The molecule has 1 fully saturated rings. The average Bonchev–Trinajstić information content (AvgIpc) is 2.78. The molecule has 1 aromatic heterocycles. The number of unbranched alkanes of at least 4 members (excludes halogenated alkanes) is 1. The molecule has 2 aromatic rings. The van der Waals surface area contributed by atoms with Crippen molar-refractivity contribution in [1.82, 2.24) is 9.88 Å². The molecule has 0 radical (unpaired) electrons. The molecule has 5 nitrogen and oxygen atoms in total. The molecule has 1 amide bonds. The van der Waals surface area contributed by atoms with Gasteiger partial charge in [0.05, 0.1) is 16.4 Å². The lowest BCUT2D eigenvalue weighted by Gasteiger charge is -2.36. The van der Waals surface area contributed by atoms with Crippen LogP contribution in [-0.4, -0.2) is 48.5 Å². The third-order valence-electron chi connectivity index (χ3n) is 6.03. The fraction of sp³-hybridized carbons (Fsp3) is 0.417. The van der Waals surface area contributed by atoms with E-state index in [9.17, 15) is 9.18 Å². The van der Waals surface area contributed by atoms with E-state index in [0.29, 0.717) is 22.8 Å². The summed E-state index contributed by atoms with van der Waals surface area (Å²) in [5.41, 5.74) is 3.43. The van der Waals surface area contributed by atoms with Crippen molar-refractivity contribution in [2.75, 3.05) is 42.9 Å². The maximum absolute atomic E-state index is 13.7. The highest BCUT2D eigenvalue weighted by molar-refractivity contribution is 6.34. The van der Waals surface area contributed by atoms with Gasteiger partial charge in [-0.2, -0.15) is 0 Å². The number of fused-ring (bicyclic) bond motifs is 1. The molecular weight excluding hydrogens is 415 g/mol. The standard InChI is InChI=1S/C24H28ClFN4O/c1-17-20(26)9-10-21(23(17)25)30-15-13-29(14-16-30)12-4-2-3-5-19-8-6-18-7-11-22(31)28-24(18)27-19/h3,5-6,8-10H,2,4,7,11-16H2,1H3,(H,27,28,31). The second-order valence-electron chi connectivity index (χ2n) is 8.17. The first kappa shape index (κ1) is 21.8. The topological polar surface area (TPSA) is 48.5 Å². The molecule has 2 aliphatic rings. The summed E-state index contributed by atoms with van der Waals surface area (Å²) in [5, 5.41) is 3.37. The second kappa shape index (κ2) is 9.79. The van der Waals surface area contributed by atoms with Gasteiger partial charge in [-0.15, -0.1) is 0 Å². The number of allylic oxidation sites excluding steroid dienone is 1. The summed E-state index contributed by atoms with van der Waals surface area (Å²) >= 11 is 6.35. The van der Waals surface area contributed by atoms with Crippen LogP contribution in [0.2, 0.25) is 5.02 Å². The molecule has 2 aliphatic heterocycles. The number of nitrogens with zero attached hydrogens (tertiary/aromatic N) is 3. The number of rotatable bonds is 6. The Morgan fingerprint density at radius 3 is 2.77 bits per heavy atom. The Balaban J connectivity index is 1.21. The van der Waals surface area contributed by atoms with Crippen LogP contribution in [0.15, 0.2) is 30.3 Å². The molecular formula is C24H28ClFN4O. The minimum Gasteiger partial charge on any atom is -0.368 e. The van der Waals surface area contributed by atoms with E-state index in [0.717, 1.165) is 68.9 Å². The van der Waals surface area contributed by atoms with Gasteiger partial charge < -0.3 is 10.2 Å². The van der Waals surface area contributed by atoms with Crippen LogP contribution in [0.1, 0.15) is 36.1 Å². The highest BCUT2D eigenvalue weighted by Crippen LogP contribution is 2.31. The quantitative estimate of drug-likeness (QED) is 0.660. The van der Waals surface area contributed by atoms with Crippen LogP contribution in [0.3, 0.4) is 0 Å². The summed E-state index contributed by atoms with van der Waals surface area (Å²) in [7, 11) is 0. The molecule has 164 valence electrons. The number of pyridine rings is 1. The van der Waals surface area contributed by atoms with E-state index in [-0.39, 0.29) is 11.7 Å². The molecule has 0 aliphatic carbocycles. The number of halogens is 2. The monoisotopic (exact) mass is 442 g/mol. The number of piperazine rings is 1. The zero-order valence-corrected chi connectivity index (χ0v) is 18.6. The summed E-state index contributed by atoms with van der Waals surface area (Å²) in [5.74, 6) is 0.488. The predicted molar refractivity (Wildman–Crippen MR) is 124 cm³/mol. The molecule has 1 aromatic carbocycles. The summed E-state index contributed by atoms with van der Waals surface area (Å²) < 4.78 is 13.7. The summed E-state index contributed by atoms with van der Waals surface area (Å²) in [4.78, 5) is 20.8. The molecule has 31 heavy (non-hydrogen) atoms. The molecule has 3 heterocycles. The molecule has 0 atom stereocenters. The van der Waals surface area contributed by atoms with Crippen LogP contribution in [0, 0.1) is 12.7 Å². The first-order chi connectivity index (χ1) is 15.0. The number of amides is 1. The van der Waals surface area contributed by atoms with Crippen molar-refractivity contribution in [3.8, 4) is 0 Å². The smallest absolute Gasteiger partial charge is 0.225 e. The number of aromatic nitrogens is 1. The maximum Gasteiger partial charge on any atom is 0.225 e. The van der Waals surface area contributed by atoms with E-state index < -0.39 is 0 Å². The largest absolute Gasteiger partial charge is 0.368 e. The minimum atomic E-state index is -0.254. The van der Waals surface area contributed by atoms with Gasteiger partial charge in [-0.05, 0) is 62.6 Å². The van der Waals surface area contributed by atoms with Gasteiger partial charge in [-0.25, -0.2) is 9.37 Å². The fourth-order valence-corrected chi connectivity index (χ4v) is 4.36. The maximum atomic E-state index is 13.7. The molecule has 0 saturated carbocycles. The van der Waals surface area contributed by atoms with Crippen LogP contribution >= 0.6 is 11.6 Å². The van der Waals surface area contributed by atoms with Crippen molar-refractivity contribution in [3.63, 3.8) is 0 Å². The molecule has 0 bridgehead atoms. The highest BCUT2D eigenvalue weighted by Gasteiger charge is 2.20. The lowest BCUT2D eigenvalue weighted by Crippen LogP contribution is -2.46. The number of aryl methyl sites for hydroxylation is 1. The number of hydrogen-bond acceptors (Lipinski definition) is 4. The van der Waals surface area contributed by atoms with Gasteiger partial charge in [0.1, 0.15) is 11.6 Å². The van der Waals surface area contributed by atoms with Crippen LogP contribution < -0.4 is 10.2 Å². The highest BCUT2D eigenvalue weighted by atomic mass is 35.5. The van der Waals surface area contributed by atoms with E-state index in [2.05, 4.69) is 32.2 Å². The lowest BCUT2D eigenvalue weighted by atomic mass is 10.1. The van der Waals surface area contributed by atoms with Gasteiger partial charge in [0, 0.05) is 38.2 Å². The van der Waals surface area contributed by atoms with Crippen molar-refractivity contribution in [2.24, 2.45) is 0 Å². The molecule has 0 unspecified atom stereocenters. The number of carbonyl (C=O) groups is 1. The second-order valence-corrected chi connectivity index (χ2v) is 8.55. The Morgan fingerprint density at radius 2 is 1.97 bits per heavy atom. The summed E-state index contributed by atoms with van der Waals surface area (Å²) in [6.45, 7) is 6.50. The van der Waals surface area contributed by atoms with Crippen molar-refractivity contribution in [3.05, 3.63) is 58.0 Å². The first-order valence-corrected chi connectivity index (χ1v) is 11.3. The number of nitrogens with one attached hydrogen (secondary N) is 1. The number of anilines is 2. The molecule has 7 heteroatoms. The molecule has 1 N–H and O–H groups in total. The third-order valence-corrected chi connectivity index (χ3v) is 6.50. The van der Waals surface area contributed by atoms with Crippen molar-refractivity contribution in [1.29, 1.82) is 0 Å².